The molecule has 1 N–H and O–H groups in total. The first kappa shape index (κ1) is 23.6. The predicted molar refractivity (Wildman–Crippen MR) is 135 cm³/mol. The van der Waals surface area contributed by atoms with Crippen molar-refractivity contribution in [2.45, 2.75) is 12.1 Å². The molecule has 0 atom stereocenters. The Balaban J connectivity index is 1.54. The van der Waals surface area contributed by atoms with Crippen molar-refractivity contribution in [1.82, 2.24) is 24.8 Å². The number of hydrogen-bond acceptors (Lipinski definition) is 6. The lowest BCUT2D eigenvalue weighted by Crippen LogP contribution is -2.20. The summed E-state index contributed by atoms with van der Waals surface area (Å²) in [6.07, 6.45) is 3.51. The number of amides is 1. The van der Waals surface area contributed by atoms with Crippen molar-refractivity contribution >= 4 is 35.5 Å². The number of aryl methyl sites for hydroxylation is 1. The largest absolute Gasteiger partial charge is 0.494 e. The second kappa shape index (κ2) is 11.0. The van der Waals surface area contributed by atoms with Crippen molar-refractivity contribution in [3.05, 3.63) is 77.6 Å². The van der Waals surface area contributed by atoms with Crippen LogP contribution in [-0.4, -0.2) is 43.8 Å². The van der Waals surface area contributed by atoms with Gasteiger partial charge in [-0.15, -0.1) is 10.2 Å². The van der Waals surface area contributed by atoms with E-state index in [0.29, 0.717) is 22.6 Å². The van der Waals surface area contributed by atoms with Gasteiger partial charge in [0.15, 0.2) is 11.0 Å². The fourth-order valence-corrected chi connectivity index (χ4v) is 4.05. The third-order valence-electron chi connectivity index (χ3n) is 4.84. The molecule has 4 aromatic rings. The Kier molecular flexibility index (Phi) is 7.66. The number of hydrogen-bond donors (Lipinski definition) is 1. The van der Waals surface area contributed by atoms with Gasteiger partial charge in [-0.25, -0.2) is 5.43 Å². The standard InChI is InChI=1S/C24H23ClN6O2S/c1-3-33-21-12-10-19(11-13-21)31-23(17-6-8-18(25)9-7-17)28-29-24(31)34-16-22(32)27-26-15-20-5-4-14-30(20)2/h4-15H,3,16H2,1-2H3,(H,27,32)/b26-15-. The number of carbonyl (C=O) groups is 1. The van der Waals surface area contributed by atoms with Crippen LogP contribution in [0.3, 0.4) is 0 Å². The van der Waals surface area contributed by atoms with Gasteiger partial charge in [0.2, 0.25) is 0 Å². The van der Waals surface area contributed by atoms with Crippen LogP contribution in [0.4, 0.5) is 0 Å². The lowest BCUT2D eigenvalue weighted by atomic mass is 10.2. The van der Waals surface area contributed by atoms with E-state index in [9.17, 15) is 4.79 Å². The van der Waals surface area contributed by atoms with E-state index in [2.05, 4.69) is 20.7 Å². The summed E-state index contributed by atoms with van der Waals surface area (Å²) >= 11 is 7.33. The highest BCUT2D eigenvalue weighted by Crippen LogP contribution is 2.29. The monoisotopic (exact) mass is 494 g/mol. The smallest absolute Gasteiger partial charge is 0.250 e. The molecule has 2 aromatic heterocycles. The quantitative estimate of drug-likeness (QED) is 0.209. The summed E-state index contributed by atoms with van der Waals surface area (Å²) in [5, 5.41) is 14.0. The summed E-state index contributed by atoms with van der Waals surface area (Å²) in [5.74, 6) is 1.30. The van der Waals surface area contributed by atoms with Gasteiger partial charge in [-0.2, -0.15) is 5.10 Å². The van der Waals surface area contributed by atoms with Crippen LogP contribution in [0.5, 0.6) is 5.75 Å². The maximum atomic E-state index is 12.4. The van der Waals surface area contributed by atoms with Gasteiger partial charge in [-0.3, -0.25) is 9.36 Å². The average molecular weight is 495 g/mol. The Labute approximate surface area is 206 Å². The second-order valence-corrected chi connectivity index (χ2v) is 8.58. The molecule has 1 amide bonds. The van der Waals surface area contributed by atoms with E-state index in [1.807, 2.05) is 77.8 Å². The van der Waals surface area contributed by atoms with Crippen LogP contribution in [-0.2, 0) is 11.8 Å². The Bertz CT molecular complexity index is 1280. The number of benzene rings is 2. The zero-order chi connectivity index (χ0) is 23.9. The van der Waals surface area contributed by atoms with E-state index in [1.54, 1.807) is 18.3 Å². The van der Waals surface area contributed by atoms with Crippen molar-refractivity contribution in [2.75, 3.05) is 12.4 Å². The minimum absolute atomic E-state index is 0.125. The summed E-state index contributed by atoms with van der Waals surface area (Å²) in [7, 11) is 1.91. The van der Waals surface area contributed by atoms with Crippen LogP contribution < -0.4 is 10.2 Å². The molecule has 10 heteroatoms. The summed E-state index contributed by atoms with van der Waals surface area (Å²) in [6.45, 7) is 2.53. The highest BCUT2D eigenvalue weighted by atomic mass is 35.5. The summed E-state index contributed by atoms with van der Waals surface area (Å²) in [5.41, 5.74) is 5.14. The van der Waals surface area contributed by atoms with Gasteiger partial charge in [0.05, 0.1) is 24.3 Å². The highest BCUT2D eigenvalue weighted by molar-refractivity contribution is 7.99. The molecule has 174 valence electrons. The SMILES string of the molecule is CCOc1ccc(-n2c(SCC(=O)N/N=C\c3cccn3C)nnc2-c2ccc(Cl)cc2)cc1. The highest BCUT2D eigenvalue weighted by Gasteiger charge is 2.17. The Hall–Kier alpha value is -3.56. The molecule has 0 radical (unpaired) electrons. The fraction of sp³-hybridized carbons (Fsp3) is 0.167. The summed E-state index contributed by atoms with van der Waals surface area (Å²) in [6, 6.07) is 18.8. The van der Waals surface area contributed by atoms with Crippen LogP contribution >= 0.6 is 23.4 Å². The van der Waals surface area contributed by atoms with Crippen molar-refractivity contribution in [3.63, 3.8) is 0 Å². The Morgan fingerprint density at radius 1 is 1.15 bits per heavy atom. The second-order valence-electron chi connectivity index (χ2n) is 7.20. The number of thioether (sulfide) groups is 1. The van der Waals surface area contributed by atoms with Gasteiger partial charge in [-0.05, 0) is 67.6 Å². The third-order valence-corrected chi connectivity index (χ3v) is 6.02. The first-order chi connectivity index (χ1) is 16.5. The summed E-state index contributed by atoms with van der Waals surface area (Å²) < 4.78 is 9.37. The van der Waals surface area contributed by atoms with Crippen molar-refractivity contribution in [1.29, 1.82) is 0 Å². The zero-order valence-corrected chi connectivity index (χ0v) is 20.3. The molecule has 0 unspecified atom stereocenters. The molecule has 2 heterocycles. The number of carbonyl (C=O) groups excluding carboxylic acids is 1. The molecular formula is C24H23ClN6O2S. The molecule has 2 aromatic carbocycles. The van der Waals surface area contributed by atoms with E-state index in [-0.39, 0.29) is 11.7 Å². The molecule has 0 aliphatic rings. The van der Waals surface area contributed by atoms with Crippen LogP contribution in [0.25, 0.3) is 17.1 Å². The molecule has 0 aliphatic carbocycles. The Morgan fingerprint density at radius 2 is 1.91 bits per heavy atom. The predicted octanol–water partition coefficient (Wildman–Crippen LogP) is 4.57. The fourth-order valence-electron chi connectivity index (χ4n) is 3.18. The van der Waals surface area contributed by atoms with E-state index in [4.69, 9.17) is 16.3 Å². The van der Waals surface area contributed by atoms with Gasteiger partial charge in [0, 0.05) is 29.5 Å². The molecule has 0 saturated heterocycles. The van der Waals surface area contributed by atoms with E-state index in [1.165, 1.54) is 11.8 Å². The molecule has 0 spiro atoms. The van der Waals surface area contributed by atoms with Gasteiger partial charge in [-0.1, -0.05) is 23.4 Å². The molecule has 34 heavy (non-hydrogen) atoms. The van der Waals surface area contributed by atoms with Crippen molar-refractivity contribution in [3.8, 4) is 22.8 Å². The normalized spacial score (nSPS) is 11.1. The Morgan fingerprint density at radius 3 is 2.59 bits per heavy atom. The molecule has 4 rings (SSSR count). The number of halogens is 1. The third kappa shape index (κ3) is 5.67. The van der Waals surface area contributed by atoms with Crippen molar-refractivity contribution < 1.29 is 9.53 Å². The lowest BCUT2D eigenvalue weighted by molar-refractivity contribution is -0.118. The molecule has 0 aliphatic heterocycles. The maximum absolute atomic E-state index is 12.4. The van der Waals surface area contributed by atoms with Gasteiger partial charge >= 0.3 is 0 Å². The van der Waals surface area contributed by atoms with E-state index < -0.39 is 0 Å². The zero-order valence-electron chi connectivity index (χ0n) is 18.7. The molecular weight excluding hydrogens is 472 g/mol. The van der Waals surface area contributed by atoms with Gasteiger partial charge < -0.3 is 9.30 Å². The van der Waals surface area contributed by atoms with Crippen molar-refractivity contribution in [2.24, 2.45) is 12.1 Å². The maximum Gasteiger partial charge on any atom is 0.250 e. The molecule has 0 saturated carbocycles. The molecule has 0 bridgehead atoms. The minimum Gasteiger partial charge on any atom is -0.494 e. The van der Waals surface area contributed by atoms with E-state index >= 15 is 0 Å². The van der Waals surface area contributed by atoms with Crippen LogP contribution in [0.2, 0.25) is 5.02 Å². The minimum atomic E-state index is -0.246. The number of aromatic nitrogens is 4. The lowest BCUT2D eigenvalue weighted by Gasteiger charge is -2.11. The number of hydrazone groups is 1. The number of ether oxygens (including phenoxy) is 1. The van der Waals surface area contributed by atoms with Crippen LogP contribution in [0.1, 0.15) is 12.6 Å². The van der Waals surface area contributed by atoms with Crippen LogP contribution in [0, 0.1) is 0 Å². The first-order valence-electron chi connectivity index (χ1n) is 10.6. The van der Waals surface area contributed by atoms with Gasteiger partial charge in [0.1, 0.15) is 5.75 Å². The van der Waals surface area contributed by atoms with Gasteiger partial charge in [0.25, 0.3) is 5.91 Å². The first-order valence-corrected chi connectivity index (χ1v) is 11.9. The summed E-state index contributed by atoms with van der Waals surface area (Å²) in [4.78, 5) is 12.4. The number of rotatable bonds is 9. The van der Waals surface area contributed by atoms with E-state index in [0.717, 1.165) is 22.7 Å². The number of nitrogens with one attached hydrogen (secondary N) is 1. The molecule has 0 fully saturated rings. The number of nitrogens with zero attached hydrogens (tertiary/aromatic N) is 5. The molecule has 8 nitrogen and oxygen atoms in total. The average Bonchev–Trinajstić information content (AvgIpc) is 3.45. The van der Waals surface area contributed by atoms with Crippen LogP contribution in [0.15, 0.2) is 77.1 Å². The topological polar surface area (TPSA) is 86.3 Å².